The summed E-state index contributed by atoms with van der Waals surface area (Å²) < 4.78 is 26.9. The molecule has 0 aliphatic heterocycles. The third kappa shape index (κ3) is 5.60. The molecule has 0 saturated carbocycles. The number of amides is 2. The van der Waals surface area contributed by atoms with Crippen LogP contribution in [0.4, 0.5) is 14.9 Å². The molecule has 0 saturated heterocycles. The zero-order valence-electron chi connectivity index (χ0n) is 22.8. The third-order valence-corrected chi connectivity index (χ3v) is 7.83. The van der Waals surface area contributed by atoms with E-state index in [1.54, 1.807) is 26.0 Å². The van der Waals surface area contributed by atoms with Crippen LogP contribution >= 0.6 is 22.9 Å². The minimum absolute atomic E-state index is 0.0593. The fourth-order valence-corrected chi connectivity index (χ4v) is 5.49. The van der Waals surface area contributed by atoms with Gasteiger partial charge in [-0.15, -0.1) is 11.3 Å². The van der Waals surface area contributed by atoms with Crippen LogP contribution in [-0.2, 0) is 0 Å². The maximum absolute atomic E-state index is 15.2. The first kappa shape index (κ1) is 28.9. The molecule has 3 heterocycles. The molecule has 2 N–H and O–H groups in total. The van der Waals surface area contributed by atoms with Crippen molar-refractivity contribution in [2.45, 2.75) is 26.0 Å². The van der Waals surface area contributed by atoms with E-state index in [1.165, 1.54) is 62.2 Å². The van der Waals surface area contributed by atoms with E-state index in [0.717, 1.165) is 4.90 Å². The Hall–Kier alpha value is -4.62. The lowest BCUT2D eigenvalue weighted by molar-refractivity contribution is 0.0958. The van der Waals surface area contributed by atoms with Gasteiger partial charge in [0.05, 0.1) is 52.5 Å². The van der Waals surface area contributed by atoms with E-state index in [-0.39, 0.29) is 17.1 Å². The van der Waals surface area contributed by atoms with Crippen LogP contribution < -0.4 is 19.7 Å². The molecule has 0 aliphatic rings. The first-order chi connectivity index (χ1) is 20.1. The van der Waals surface area contributed by atoms with Gasteiger partial charge < -0.3 is 19.9 Å². The number of aromatic nitrogens is 4. The molecule has 0 fully saturated rings. The molecule has 216 valence electrons. The standard InChI is InChI=1S/C28H24ClFN6O5S/c1-13(36(28(38)39)16-5-6-19(32-11-16)26(37)31-3)14(2)41-22-10-23-20(9-18(22)30)35-27(42-23)17-7-15(29)8-21-25(17)33-12-24(34-21)40-4/h5-14H,1-4H3,(H,31,37)(H,38,39)/t13?,14-/m0/s1. The molecule has 11 nitrogen and oxygen atoms in total. The maximum Gasteiger partial charge on any atom is 0.412 e. The number of carbonyl (C=O) groups is 2. The van der Waals surface area contributed by atoms with Crippen molar-refractivity contribution in [3.05, 3.63) is 65.3 Å². The van der Waals surface area contributed by atoms with Crippen LogP contribution in [0.1, 0.15) is 24.3 Å². The Morgan fingerprint density at radius 2 is 1.88 bits per heavy atom. The van der Waals surface area contributed by atoms with Crippen molar-refractivity contribution < 1.29 is 28.6 Å². The monoisotopic (exact) mass is 610 g/mol. The average molecular weight is 611 g/mol. The lowest BCUT2D eigenvalue weighted by atomic mass is 10.1. The van der Waals surface area contributed by atoms with Gasteiger partial charge in [0, 0.05) is 29.8 Å². The Kier molecular flexibility index (Phi) is 8.05. The molecule has 42 heavy (non-hydrogen) atoms. The lowest BCUT2D eigenvalue weighted by Gasteiger charge is -2.31. The van der Waals surface area contributed by atoms with Crippen LogP contribution in [0, 0.1) is 5.82 Å². The fourth-order valence-electron chi connectivity index (χ4n) is 4.29. The summed E-state index contributed by atoms with van der Waals surface area (Å²) in [5.41, 5.74) is 2.49. The van der Waals surface area contributed by atoms with Crippen LogP contribution in [-0.4, -0.2) is 63.3 Å². The van der Waals surface area contributed by atoms with Crippen LogP contribution in [0.5, 0.6) is 11.6 Å². The van der Waals surface area contributed by atoms with Gasteiger partial charge in [-0.05, 0) is 38.1 Å². The lowest BCUT2D eigenvalue weighted by Crippen LogP contribution is -2.46. The first-order valence-corrected chi connectivity index (χ1v) is 13.8. The van der Waals surface area contributed by atoms with Gasteiger partial charge in [0.1, 0.15) is 16.8 Å². The van der Waals surface area contributed by atoms with Gasteiger partial charge in [-0.2, -0.15) is 0 Å². The second kappa shape index (κ2) is 11.7. The van der Waals surface area contributed by atoms with Crippen LogP contribution in [0.2, 0.25) is 5.02 Å². The Morgan fingerprint density at radius 3 is 2.55 bits per heavy atom. The third-order valence-electron chi connectivity index (χ3n) is 6.56. The number of methoxy groups -OCH3 is 1. The number of hydrogen-bond donors (Lipinski definition) is 2. The number of nitrogens with one attached hydrogen (secondary N) is 1. The fraction of sp³-hybridized carbons (Fsp3) is 0.214. The summed E-state index contributed by atoms with van der Waals surface area (Å²) in [6, 6.07) is 8.32. The highest BCUT2D eigenvalue weighted by atomic mass is 35.5. The summed E-state index contributed by atoms with van der Waals surface area (Å²) in [5, 5.41) is 13.4. The second-order valence-electron chi connectivity index (χ2n) is 9.20. The highest BCUT2D eigenvalue weighted by molar-refractivity contribution is 7.21. The van der Waals surface area contributed by atoms with Gasteiger partial charge >= 0.3 is 6.09 Å². The van der Waals surface area contributed by atoms with E-state index < -0.39 is 30.0 Å². The van der Waals surface area contributed by atoms with E-state index in [4.69, 9.17) is 21.1 Å². The number of anilines is 1. The number of carboxylic acid groups (broad SMARTS) is 1. The summed E-state index contributed by atoms with van der Waals surface area (Å²) in [6.07, 6.45) is 0.743. The van der Waals surface area contributed by atoms with Gasteiger partial charge in [-0.1, -0.05) is 11.6 Å². The molecule has 0 aliphatic carbocycles. The van der Waals surface area contributed by atoms with E-state index in [2.05, 4.69) is 25.3 Å². The second-order valence-corrected chi connectivity index (χ2v) is 10.7. The number of rotatable bonds is 8. The number of halogens is 2. The van der Waals surface area contributed by atoms with Crippen molar-refractivity contribution in [2.75, 3.05) is 19.1 Å². The number of pyridine rings is 1. The molecule has 0 bridgehead atoms. The minimum atomic E-state index is -1.26. The Morgan fingerprint density at radius 1 is 1.10 bits per heavy atom. The number of benzene rings is 2. The smallest absolute Gasteiger partial charge is 0.412 e. The number of ether oxygens (including phenoxy) is 2. The average Bonchev–Trinajstić information content (AvgIpc) is 3.38. The SMILES string of the molecule is CNC(=O)c1ccc(N(C(=O)O)C(C)[C@H](C)Oc2cc3sc(-c4cc(Cl)cc5nc(OC)cnc45)nc3cc2F)cn1. The summed E-state index contributed by atoms with van der Waals surface area (Å²) in [5.74, 6) is -0.777. The molecular formula is C28H24ClFN6O5S. The zero-order chi connectivity index (χ0) is 30.1. The van der Waals surface area contributed by atoms with Gasteiger partial charge in [0.25, 0.3) is 5.91 Å². The summed E-state index contributed by atoms with van der Waals surface area (Å²) in [7, 11) is 2.96. The largest absolute Gasteiger partial charge is 0.485 e. The molecule has 2 amide bonds. The van der Waals surface area contributed by atoms with Crippen LogP contribution in [0.25, 0.3) is 31.8 Å². The molecule has 3 aromatic heterocycles. The van der Waals surface area contributed by atoms with E-state index in [0.29, 0.717) is 42.7 Å². The Balaban J connectivity index is 1.43. The molecular weight excluding hydrogens is 587 g/mol. The van der Waals surface area contributed by atoms with Gasteiger partial charge in [-0.3, -0.25) is 9.69 Å². The summed E-state index contributed by atoms with van der Waals surface area (Å²) in [6.45, 7) is 3.27. The number of thiazole rings is 1. The van der Waals surface area contributed by atoms with Gasteiger partial charge in [-0.25, -0.2) is 29.1 Å². The predicted molar refractivity (Wildman–Crippen MR) is 157 cm³/mol. The van der Waals surface area contributed by atoms with E-state index in [9.17, 15) is 14.7 Å². The van der Waals surface area contributed by atoms with Gasteiger partial charge in [0.15, 0.2) is 11.6 Å². The highest BCUT2D eigenvalue weighted by Gasteiger charge is 2.29. The molecule has 5 aromatic rings. The van der Waals surface area contributed by atoms with Crippen molar-refractivity contribution in [3.8, 4) is 22.2 Å². The van der Waals surface area contributed by atoms with Crippen molar-refractivity contribution in [3.63, 3.8) is 0 Å². The zero-order valence-corrected chi connectivity index (χ0v) is 24.3. The summed E-state index contributed by atoms with van der Waals surface area (Å²) >= 11 is 7.64. The first-order valence-electron chi connectivity index (χ1n) is 12.6. The Bertz CT molecular complexity index is 1820. The van der Waals surface area contributed by atoms with Crippen molar-refractivity contribution in [1.29, 1.82) is 0 Å². The summed E-state index contributed by atoms with van der Waals surface area (Å²) in [4.78, 5) is 42.5. The molecule has 2 aromatic carbocycles. The minimum Gasteiger partial charge on any atom is -0.485 e. The van der Waals surface area contributed by atoms with Crippen molar-refractivity contribution in [1.82, 2.24) is 25.3 Å². The predicted octanol–water partition coefficient (Wildman–Crippen LogP) is 5.80. The highest BCUT2D eigenvalue weighted by Crippen LogP contribution is 2.38. The maximum atomic E-state index is 15.2. The normalized spacial score (nSPS) is 12.6. The van der Waals surface area contributed by atoms with Gasteiger partial charge in [0.2, 0.25) is 5.88 Å². The van der Waals surface area contributed by atoms with Crippen molar-refractivity contribution >= 4 is 61.9 Å². The molecule has 0 radical (unpaired) electrons. The molecule has 14 heteroatoms. The van der Waals surface area contributed by atoms with Crippen LogP contribution in [0.15, 0.2) is 48.8 Å². The number of carbonyl (C=O) groups excluding carboxylic acids is 1. The Labute approximate surface area is 247 Å². The number of hydrogen-bond acceptors (Lipinski definition) is 9. The molecule has 2 atom stereocenters. The molecule has 5 rings (SSSR count). The molecule has 0 spiro atoms. The number of fused-ring (bicyclic) bond motifs is 2. The number of nitrogens with zero attached hydrogens (tertiary/aromatic N) is 5. The topological polar surface area (TPSA) is 140 Å². The van der Waals surface area contributed by atoms with Crippen molar-refractivity contribution in [2.24, 2.45) is 0 Å². The van der Waals surface area contributed by atoms with Crippen LogP contribution in [0.3, 0.4) is 0 Å². The van der Waals surface area contributed by atoms with E-state index >= 15 is 4.39 Å². The quantitative estimate of drug-likeness (QED) is 0.223. The van der Waals surface area contributed by atoms with E-state index in [1.807, 2.05) is 0 Å². The molecule has 1 unspecified atom stereocenters.